The van der Waals surface area contributed by atoms with Gasteiger partial charge in [0.1, 0.15) is 6.10 Å². The molecule has 4 rings (SSSR count). The molecule has 2 saturated carbocycles. The number of carbonyl (C=O) groups excluding carboxylic acids is 2. The summed E-state index contributed by atoms with van der Waals surface area (Å²) in [5.74, 6) is -0.448. The topological polar surface area (TPSA) is 55.4 Å². The molecule has 6 atom stereocenters. The molecular formula is C17H17Br2NO3. The minimum absolute atomic E-state index is 0.0433. The molecule has 6 heteroatoms. The van der Waals surface area contributed by atoms with Crippen molar-refractivity contribution in [2.75, 3.05) is 5.32 Å². The maximum absolute atomic E-state index is 12.9. The van der Waals surface area contributed by atoms with E-state index in [-0.39, 0.29) is 46.5 Å². The average molecular weight is 443 g/mol. The third-order valence-corrected chi connectivity index (χ3v) is 7.64. The molecule has 1 saturated heterocycles. The van der Waals surface area contributed by atoms with E-state index in [0.29, 0.717) is 0 Å². The van der Waals surface area contributed by atoms with Crippen molar-refractivity contribution in [2.24, 2.45) is 23.7 Å². The first-order chi connectivity index (χ1) is 10.9. The number of hydrogen-bond donors (Lipinski definition) is 1. The monoisotopic (exact) mass is 441 g/mol. The largest absolute Gasteiger partial charge is 0.461 e. The van der Waals surface area contributed by atoms with E-state index >= 15 is 0 Å². The van der Waals surface area contributed by atoms with E-state index in [4.69, 9.17) is 4.74 Å². The summed E-state index contributed by atoms with van der Waals surface area (Å²) in [4.78, 5) is 25.1. The molecular weight excluding hydrogens is 426 g/mol. The second-order valence-corrected chi connectivity index (χ2v) is 8.78. The van der Waals surface area contributed by atoms with Gasteiger partial charge in [-0.2, -0.15) is 0 Å². The summed E-state index contributed by atoms with van der Waals surface area (Å²) in [7, 11) is 0. The molecule has 1 N–H and O–H groups in total. The minimum Gasteiger partial charge on any atom is -0.461 e. The van der Waals surface area contributed by atoms with Gasteiger partial charge in [-0.15, -0.1) is 0 Å². The Kier molecular flexibility index (Phi) is 3.61. The Bertz CT molecular complexity index is 720. The average Bonchev–Trinajstić information content (AvgIpc) is 3.08. The van der Waals surface area contributed by atoms with Crippen molar-refractivity contribution in [1.82, 2.24) is 0 Å². The van der Waals surface area contributed by atoms with E-state index in [1.165, 1.54) is 0 Å². The van der Waals surface area contributed by atoms with Gasteiger partial charge in [0.05, 0.1) is 16.7 Å². The quantitative estimate of drug-likeness (QED) is 0.562. The fraction of sp³-hybridized carbons (Fsp3) is 0.529. The third kappa shape index (κ3) is 2.21. The number of ether oxygens (including phenoxy) is 1. The molecule has 1 aromatic rings. The zero-order chi connectivity index (χ0) is 16.5. The molecule has 0 unspecified atom stereocenters. The van der Waals surface area contributed by atoms with Crippen LogP contribution in [0.25, 0.3) is 0 Å². The summed E-state index contributed by atoms with van der Waals surface area (Å²) in [5, 5.41) is 3.04. The maximum atomic E-state index is 12.9. The molecule has 0 radical (unpaired) electrons. The first-order valence-electron chi connectivity index (χ1n) is 7.80. The van der Waals surface area contributed by atoms with Crippen LogP contribution in [0.15, 0.2) is 16.6 Å². The Morgan fingerprint density at radius 2 is 2.00 bits per heavy atom. The number of esters is 1. The Labute approximate surface area is 151 Å². The summed E-state index contributed by atoms with van der Waals surface area (Å²) in [6.45, 7) is 3.96. The molecule has 3 fully saturated rings. The van der Waals surface area contributed by atoms with Crippen LogP contribution >= 0.6 is 31.9 Å². The number of carbonyl (C=O) groups is 2. The number of fused-ring (bicyclic) bond motifs is 1. The summed E-state index contributed by atoms with van der Waals surface area (Å²) in [5.41, 5.74) is 2.88. The van der Waals surface area contributed by atoms with Crippen molar-refractivity contribution in [2.45, 2.75) is 31.2 Å². The van der Waals surface area contributed by atoms with Crippen LogP contribution in [0.3, 0.4) is 0 Å². The van der Waals surface area contributed by atoms with Crippen LogP contribution in [-0.4, -0.2) is 22.8 Å². The smallest absolute Gasteiger partial charge is 0.310 e. The maximum Gasteiger partial charge on any atom is 0.310 e. The molecule has 3 aliphatic rings. The molecule has 1 aliphatic heterocycles. The Morgan fingerprint density at radius 3 is 2.74 bits per heavy atom. The van der Waals surface area contributed by atoms with Crippen molar-refractivity contribution in [3.63, 3.8) is 0 Å². The Hall–Kier alpha value is -0.880. The van der Waals surface area contributed by atoms with Crippen molar-refractivity contribution in [3.05, 3.63) is 27.7 Å². The van der Waals surface area contributed by atoms with Crippen molar-refractivity contribution < 1.29 is 14.3 Å². The molecule has 1 heterocycles. The molecule has 1 amide bonds. The van der Waals surface area contributed by atoms with E-state index in [1.807, 2.05) is 26.0 Å². The molecule has 122 valence electrons. The zero-order valence-electron chi connectivity index (χ0n) is 12.8. The number of hydrogen-bond acceptors (Lipinski definition) is 3. The predicted molar refractivity (Wildman–Crippen MR) is 93.4 cm³/mol. The van der Waals surface area contributed by atoms with E-state index in [0.717, 1.165) is 27.7 Å². The third-order valence-electron chi connectivity index (χ3n) is 5.59. The van der Waals surface area contributed by atoms with Crippen LogP contribution in [0.2, 0.25) is 0 Å². The first-order valence-corrected chi connectivity index (χ1v) is 9.51. The molecule has 0 spiro atoms. The highest BCUT2D eigenvalue weighted by atomic mass is 79.9. The minimum atomic E-state index is -0.293. The van der Waals surface area contributed by atoms with Crippen LogP contribution < -0.4 is 5.32 Å². The van der Waals surface area contributed by atoms with Crippen LogP contribution in [0.4, 0.5) is 5.69 Å². The zero-order valence-corrected chi connectivity index (χ0v) is 16.0. The van der Waals surface area contributed by atoms with Gasteiger partial charge in [0.2, 0.25) is 5.91 Å². The summed E-state index contributed by atoms with van der Waals surface area (Å²) >= 11 is 7.14. The highest BCUT2D eigenvalue weighted by Crippen LogP contribution is 2.60. The number of rotatable bonds is 2. The van der Waals surface area contributed by atoms with Crippen molar-refractivity contribution in [3.8, 4) is 0 Å². The van der Waals surface area contributed by atoms with Gasteiger partial charge >= 0.3 is 5.97 Å². The predicted octanol–water partition coefficient (Wildman–Crippen LogP) is 3.58. The van der Waals surface area contributed by atoms with E-state index in [1.54, 1.807) is 0 Å². The van der Waals surface area contributed by atoms with Gasteiger partial charge in [0, 0.05) is 16.1 Å². The van der Waals surface area contributed by atoms with Gasteiger partial charge in [-0.25, -0.2) is 0 Å². The summed E-state index contributed by atoms with van der Waals surface area (Å²) in [6, 6.07) is 3.96. The van der Waals surface area contributed by atoms with Gasteiger partial charge in [-0.1, -0.05) is 31.9 Å². The number of alkyl halides is 1. The molecule has 0 aromatic heterocycles. The van der Waals surface area contributed by atoms with Gasteiger partial charge < -0.3 is 10.1 Å². The number of nitrogens with one attached hydrogen (secondary N) is 1. The standard InChI is InChI=1S/C17H17Br2NO3/c1-6-4-11(7(2)3-10(6)18)20-16(21)12-8-5-9-13(12)17(22)23-15(9)14(8)19/h3-4,8-9,12-15H,5H2,1-2H3,(H,20,21)/t8-,9-,12-,13-,14+,15+/m1/s1. The van der Waals surface area contributed by atoms with E-state index < -0.39 is 0 Å². The normalized spacial score (nSPS) is 37.1. The fourth-order valence-electron chi connectivity index (χ4n) is 4.46. The number of anilines is 1. The molecule has 23 heavy (non-hydrogen) atoms. The van der Waals surface area contributed by atoms with Crippen LogP contribution in [0, 0.1) is 37.5 Å². The SMILES string of the molecule is Cc1cc(NC(=O)[C@@H]2[C@H]3C[C@H]4[C@H](OC(=O)[C@H]42)[C@H]3Br)c(C)cc1Br. The lowest BCUT2D eigenvalue weighted by Gasteiger charge is -2.27. The molecule has 1 aromatic carbocycles. The summed E-state index contributed by atoms with van der Waals surface area (Å²) < 4.78 is 6.49. The van der Waals surface area contributed by atoms with E-state index in [9.17, 15) is 9.59 Å². The molecule has 2 bridgehead atoms. The first kappa shape index (κ1) is 15.6. The lowest BCUT2D eigenvalue weighted by atomic mass is 9.79. The summed E-state index contributed by atoms with van der Waals surface area (Å²) in [6.07, 6.45) is 0.853. The van der Waals surface area contributed by atoms with Gasteiger partial charge in [-0.3, -0.25) is 9.59 Å². The highest BCUT2D eigenvalue weighted by molar-refractivity contribution is 9.10. The lowest BCUT2D eigenvalue weighted by Crippen LogP contribution is -2.40. The van der Waals surface area contributed by atoms with Gasteiger partial charge in [-0.05, 0) is 49.4 Å². The molecule has 2 aliphatic carbocycles. The van der Waals surface area contributed by atoms with Crippen LogP contribution in [-0.2, 0) is 14.3 Å². The Balaban J connectivity index is 1.61. The second kappa shape index (κ2) is 5.31. The van der Waals surface area contributed by atoms with E-state index in [2.05, 4.69) is 37.2 Å². The highest BCUT2D eigenvalue weighted by Gasteiger charge is 2.67. The van der Waals surface area contributed by atoms with Crippen LogP contribution in [0.1, 0.15) is 17.5 Å². The van der Waals surface area contributed by atoms with Gasteiger partial charge in [0.25, 0.3) is 0 Å². The Morgan fingerprint density at radius 1 is 1.26 bits per heavy atom. The number of amides is 1. The molecule has 4 nitrogen and oxygen atoms in total. The number of halogens is 2. The van der Waals surface area contributed by atoms with Crippen molar-refractivity contribution >= 4 is 49.4 Å². The van der Waals surface area contributed by atoms with Crippen LogP contribution in [0.5, 0.6) is 0 Å². The fourth-order valence-corrected chi connectivity index (χ4v) is 5.96. The van der Waals surface area contributed by atoms with Gasteiger partial charge in [0.15, 0.2) is 0 Å². The number of benzene rings is 1. The number of aryl methyl sites for hydroxylation is 2. The second-order valence-electron chi connectivity index (χ2n) is 6.87. The lowest BCUT2D eigenvalue weighted by molar-refractivity contribution is -0.145. The van der Waals surface area contributed by atoms with Crippen molar-refractivity contribution in [1.29, 1.82) is 0 Å².